The van der Waals surface area contributed by atoms with Crippen LogP contribution in [0.15, 0.2) is 40.6 Å². The molecular weight excluding hydrogens is 414 g/mol. The van der Waals surface area contributed by atoms with E-state index in [1.807, 2.05) is 50.0 Å². The monoisotopic (exact) mass is 445 g/mol. The van der Waals surface area contributed by atoms with Crippen molar-refractivity contribution in [3.8, 4) is 0 Å². The van der Waals surface area contributed by atoms with Gasteiger partial charge < -0.3 is 19.9 Å². The molecule has 0 saturated heterocycles. The molecule has 7 heteroatoms. The first-order chi connectivity index (χ1) is 14.2. The first-order valence-electron chi connectivity index (χ1n) is 10.3. The average Bonchev–Trinajstić information content (AvgIpc) is 3.21. The summed E-state index contributed by atoms with van der Waals surface area (Å²) in [5.41, 5.74) is 2.66. The number of carbonyl (C=O) groups is 1. The lowest BCUT2D eigenvalue weighted by Crippen LogP contribution is -2.37. The topological polar surface area (TPSA) is 56.6 Å². The summed E-state index contributed by atoms with van der Waals surface area (Å²) >= 11 is 3.51. The fourth-order valence-electron chi connectivity index (χ4n) is 3.34. The molecule has 0 spiro atoms. The van der Waals surface area contributed by atoms with Gasteiger partial charge in [-0.1, -0.05) is 12.1 Å². The van der Waals surface area contributed by atoms with Gasteiger partial charge in [0.15, 0.2) is 0 Å². The van der Waals surface area contributed by atoms with Crippen molar-refractivity contribution in [2.45, 2.75) is 44.1 Å². The van der Waals surface area contributed by atoms with Crippen molar-refractivity contribution < 1.29 is 9.53 Å². The number of ether oxygens (including phenoxy) is 1. The molecule has 0 fully saturated rings. The van der Waals surface area contributed by atoms with E-state index >= 15 is 0 Å². The number of carbonyl (C=O) groups excluding carboxylic acids is 1. The van der Waals surface area contributed by atoms with Gasteiger partial charge in [-0.25, -0.2) is 4.79 Å². The average molecular weight is 446 g/mol. The van der Waals surface area contributed by atoms with Crippen LogP contribution in [0, 0.1) is 5.41 Å². The third-order valence-corrected chi connectivity index (χ3v) is 6.76. The number of benzene rings is 1. The van der Waals surface area contributed by atoms with Crippen LogP contribution < -0.4 is 4.90 Å². The second-order valence-electron chi connectivity index (χ2n) is 8.53. The Balaban J connectivity index is 1.55. The summed E-state index contributed by atoms with van der Waals surface area (Å²) in [5, 5.41) is 10.4. The molecule has 1 aromatic heterocycles. The lowest BCUT2D eigenvalue weighted by atomic mass is 10.1. The Bertz CT molecular complexity index is 875. The van der Waals surface area contributed by atoms with E-state index in [-0.39, 0.29) is 6.09 Å². The van der Waals surface area contributed by atoms with Gasteiger partial charge in [0.25, 0.3) is 0 Å². The second-order valence-corrected chi connectivity index (χ2v) is 10.6. The van der Waals surface area contributed by atoms with Crippen LogP contribution in [-0.2, 0) is 11.2 Å². The summed E-state index contributed by atoms with van der Waals surface area (Å²) in [7, 11) is 1.79. The Morgan fingerprint density at radius 3 is 2.80 bits per heavy atom. The van der Waals surface area contributed by atoms with Gasteiger partial charge in [0, 0.05) is 48.6 Å². The van der Waals surface area contributed by atoms with Crippen molar-refractivity contribution >= 4 is 40.6 Å². The van der Waals surface area contributed by atoms with Crippen molar-refractivity contribution in [1.29, 1.82) is 5.41 Å². The zero-order chi connectivity index (χ0) is 21.7. The Morgan fingerprint density at radius 1 is 1.30 bits per heavy atom. The normalized spacial score (nSPS) is 13.7. The van der Waals surface area contributed by atoms with Crippen LogP contribution in [-0.4, -0.2) is 54.7 Å². The SMILES string of the molecule is CN(CCCN1CCSc2cc(CC(=N)c3cccs3)ccc21)C(=O)OC(C)(C)C. The number of hydrogen-bond acceptors (Lipinski definition) is 6. The molecule has 1 amide bonds. The highest BCUT2D eigenvalue weighted by molar-refractivity contribution is 7.99. The number of rotatable bonds is 7. The van der Waals surface area contributed by atoms with E-state index < -0.39 is 5.60 Å². The zero-order valence-electron chi connectivity index (χ0n) is 18.2. The number of thioether (sulfide) groups is 1. The van der Waals surface area contributed by atoms with Crippen LogP contribution in [0.5, 0.6) is 0 Å². The highest BCUT2D eigenvalue weighted by Gasteiger charge is 2.21. The maximum atomic E-state index is 12.1. The molecule has 1 aliphatic rings. The molecule has 0 unspecified atom stereocenters. The van der Waals surface area contributed by atoms with E-state index in [2.05, 4.69) is 23.1 Å². The molecule has 5 nitrogen and oxygen atoms in total. The number of nitrogens with one attached hydrogen (secondary N) is 1. The molecule has 30 heavy (non-hydrogen) atoms. The largest absolute Gasteiger partial charge is 0.444 e. The lowest BCUT2D eigenvalue weighted by Gasteiger charge is -2.32. The second kappa shape index (κ2) is 9.88. The molecule has 2 heterocycles. The third kappa shape index (κ3) is 6.25. The standard InChI is InChI=1S/C23H31N3O2S2/c1-23(2,3)28-22(27)25(4)10-6-11-26-12-14-30-21-16-17(8-9-19(21)26)15-18(24)20-7-5-13-29-20/h5,7-9,13,16,24H,6,10-12,14-15H2,1-4H3. The van der Waals surface area contributed by atoms with Crippen LogP contribution in [0.1, 0.15) is 37.6 Å². The highest BCUT2D eigenvalue weighted by Crippen LogP contribution is 2.35. The molecule has 1 N–H and O–H groups in total. The fraction of sp³-hybridized carbons (Fsp3) is 0.478. The molecule has 0 saturated carbocycles. The molecule has 162 valence electrons. The first-order valence-corrected chi connectivity index (χ1v) is 12.2. The number of amides is 1. The van der Waals surface area contributed by atoms with E-state index in [0.29, 0.717) is 18.7 Å². The summed E-state index contributed by atoms with van der Waals surface area (Å²) in [6.45, 7) is 8.25. The molecule has 0 bridgehead atoms. The van der Waals surface area contributed by atoms with E-state index in [0.717, 1.165) is 30.1 Å². The fourth-order valence-corrected chi connectivity index (χ4v) is 5.12. The van der Waals surface area contributed by atoms with Crippen LogP contribution in [0.25, 0.3) is 0 Å². The predicted molar refractivity (Wildman–Crippen MR) is 128 cm³/mol. The zero-order valence-corrected chi connectivity index (χ0v) is 19.9. The van der Waals surface area contributed by atoms with Crippen molar-refractivity contribution in [2.24, 2.45) is 0 Å². The van der Waals surface area contributed by atoms with Gasteiger partial charge in [-0.3, -0.25) is 0 Å². The summed E-state index contributed by atoms with van der Waals surface area (Å²) in [6.07, 6.45) is 1.29. The van der Waals surface area contributed by atoms with Gasteiger partial charge in [0.05, 0.1) is 11.4 Å². The van der Waals surface area contributed by atoms with Gasteiger partial charge in [-0.15, -0.1) is 23.1 Å². The van der Waals surface area contributed by atoms with Gasteiger partial charge in [-0.05, 0) is 56.3 Å². The molecule has 0 aliphatic carbocycles. The Morgan fingerprint density at radius 2 is 2.10 bits per heavy atom. The van der Waals surface area contributed by atoms with Crippen LogP contribution >= 0.6 is 23.1 Å². The quantitative estimate of drug-likeness (QED) is 0.570. The number of anilines is 1. The summed E-state index contributed by atoms with van der Waals surface area (Å²) < 4.78 is 5.42. The van der Waals surface area contributed by atoms with Crippen molar-refractivity contribution in [3.05, 3.63) is 46.2 Å². The van der Waals surface area contributed by atoms with Gasteiger partial charge in [0.2, 0.25) is 0 Å². The molecule has 1 aliphatic heterocycles. The van der Waals surface area contributed by atoms with Crippen molar-refractivity contribution in [2.75, 3.05) is 37.3 Å². The van der Waals surface area contributed by atoms with Crippen molar-refractivity contribution in [3.63, 3.8) is 0 Å². The summed E-state index contributed by atoms with van der Waals surface area (Å²) in [6, 6.07) is 10.6. The first kappa shape index (κ1) is 22.7. The van der Waals surface area contributed by atoms with E-state index in [9.17, 15) is 4.79 Å². The van der Waals surface area contributed by atoms with E-state index in [1.54, 1.807) is 23.3 Å². The van der Waals surface area contributed by atoms with Gasteiger partial charge in [-0.2, -0.15) is 0 Å². The maximum Gasteiger partial charge on any atom is 0.410 e. The maximum absolute atomic E-state index is 12.1. The minimum absolute atomic E-state index is 0.269. The Kier molecular flexibility index (Phi) is 7.47. The summed E-state index contributed by atoms with van der Waals surface area (Å²) in [4.78, 5) is 18.5. The van der Waals surface area contributed by atoms with E-state index in [1.165, 1.54) is 16.1 Å². The highest BCUT2D eigenvalue weighted by atomic mass is 32.2. The minimum Gasteiger partial charge on any atom is -0.444 e. The van der Waals surface area contributed by atoms with Gasteiger partial charge in [0.1, 0.15) is 5.60 Å². The smallest absolute Gasteiger partial charge is 0.410 e. The number of thiophene rings is 1. The van der Waals surface area contributed by atoms with Crippen LogP contribution in [0.3, 0.4) is 0 Å². The predicted octanol–water partition coefficient (Wildman–Crippen LogP) is 5.53. The third-order valence-electron chi connectivity index (χ3n) is 4.81. The molecule has 0 radical (unpaired) electrons. The Hall–Kier alpha value is -1.99. The van der Waals surface area contributed by atoms with Crippen LogP contribution in [0.4, 0.5) is 10.5 Å². The number of fused-ring (bicyclic) bond motifs is 1. The summed E-state index contributed by atoms with van der Waals surface area (Å²) in [5.74, 6) is 1.06. The van der Waals surface area contributed by atoms with Crippen molar-refractivity contribution in [1.82, 2.24) is 4.90 Å². The molecule has 0 atom stereocenters. The van der Waals surface area contributed by atoms with Crippen LogP contribution in [0.2, 0.25) is 0 Å². The lowest BCUT2D eigenvalue weighted by molar-refractivity contribution is 0.0298. The Labute approximate surface area is 187 Å². The molecular formula is C23H31N3O2S2. The molecule has 1 aromatic carbocycles. The molecule has 3 rings (SSSR count). The molecule has 2 aromatic rings. The number of hydrogen-bond donors (Lipinski definition) is 1. The van der Waals surface area contributed by atoms with Gasteiger partial charge >= 0.3 is 6.09 Å². The number of nitrogens with zero attached hydrogens (tertiary/aromatic N) is 2. The van der Waals surface area contributed by atoms with E-state index in [4.69, 9.17) is 10.1 Å². The minimum atomic E-state index is -0.466.